The van der Waals surface area contributed by atoms with Gasteiger partial charge in [-0.15, -0.1) is 11.3 Å². The summed E-state index contributed by atoms with van der Waals surface area (Å²) in [6.07, 6.45) is 0. The van der Waals surface area contributed by atoms with Crippen molar-refractivity contribution >= 4 is 34.6 Å². The molecule has 112 valence electrons. The Bertz CT molecular complexity index is 628. The summed E-state index contributed by atoms with van der Waals surface area (Å²) in [6.45, 7) is 4.55. The molecule has 0 fully saturated rings. The van der Waals surface area contributed by atoms with E-state index >= 15 is 0 Å². The first kappa shape index (κ1) is 15.8. The van der Waals surface area contributed by atoms with E-state index in [0.29, 0.717) is 17.5 Å². The van der Waals surface area contributed by atoms with Crippen molar-refractivity contribution in [3.8, 4) is 0 Å². The van der Waals surface area contributed by atoms with Gasteiger partial charge in [-0.05, 0) is 18.2 Å². The molecule has 1 heterocycles. The third-order valence-electron chi connectivity index (χ3n) is 2.92. The number of hydrogen-bond acceptors (Lipinski definition) is 4. The fraction of sp³-hybridized carbons (Fsp3) is 0.333. The molecule has 0 unspecified atom stereocenters. The van der Waals surface area contributed by atoms with Gasteiger partial charge in [-0.25, -0.2) is 4.98 Å². The van der Waals surface area contributed by atoms with Crippen LogP contribution in [0.25, 0.3) is 0 Å². The van der Waals surface area contributed by atoms with Crippen LogP contribution in [0.5, 0.6) is 0 Å². The summed E-state index contributed by atoms with van der Waals surface area (Å²) in [7, 11) is 0. The van der Waals surface area contributed by atoms with E-state index in [2.05, 4.69) is 18.8 Å². The number of rotatable bonds is 6. The zero-order chi connectivity index (χ0) is 15.4. The molecule has 0 bridgehead atoms. The molecule has 0 spiro atoms. The van der Waals surface area contributed by atoms with Gasteiger partial charge in [0, 0.05) is 22.0 Å². The monoisotopic (exact) mass is 324 g/mol. The first-order valence-corrected chi connectivity index (χ1v) is 7.88. The summed E-state index contributed by atoms with van der Waals surface area (Å²) in [5.74, 6) is -0.503. The van der Waals surface area contributed by atoms with Gasteiger partial charge in [0.2, 0.25) is 0 Å². The maximum Gasteiger partial charge on any atom is 0.323 e. The van der Waals surface area contributed by atoms with E-state index in [1.54, 1.807) is 28.4 Å². The summed E-state index contributed by atoms with van der Waals surface area (Å²) in [5.41, 5.74) is 1.66. The number of carboxylic acids is 1. The zero-order valence-corrected chi connectivity index (χ0v) is 13.5. The van der Waals surface area contributed by atoms with Gasteiger partial charge in [-0.1, -0.05) is 31.5 Å². The van der Waals surface area contributed by atoms with E-state index in [1.807, 2.05) is 17.5 Å². The summed E-state index contributed by atoms with van der Waals surface area (Å²) in [4.78, 5) is 17.4. The van der Waals surface area contributed by atoms with Crippen molar-refractivity contribution in [1.29, 1.82) is 0 Å². The molecule has 2 rings (SSSR count). The molecular weight excluding hydrogens is 308 g/mol. The van der Waals surface area contributed by atoms with Crippen LogP contribution in [0.4, 0.5) is 5.69 Å². The molecule has 0 atom stereocenters. The average molecular weight is 325 g/mol. The second-order valence-corrected chi connectivity index (χ2v) is 6.39. The van der Waals surface area contributed by atoms with Crippen LogP contribution in [0, 0.1) is 0 Å². The fourth-order valence-corrected chi connectivity index (χ4v) is 2.94. The number of anilines is 1. The van der Waals surface area contributed by atoms with Crippen molar-refractivity contribution in [2.75, 3.05) is 11.4 Å². The van der Waals surface area contributed by atoms with Gasteiger partial charge >= 0.3 is 5.97 Å². The Morgan fingerprint density at radius 3 is 2.81 bits per heavy atom. The first-order chi connectivity index (χ1) is 9.95. The van der Waals surface area contributed by atoms with Crippen LogP contribution in [0.1, 0.15) is 30.5 Å². The fourth-order valence-electron chi connectivity index (χ4n) is 1.93. The lowest BCUT2D eigenvalue weighted by Gasteiger charge is -2.22. The van der Waals surface area contributed by atoms with E-state index < -0.39 is 5.97 Å². The molecule has 0 aliphatic heterocycles. The van der Waals surface area contributed by atoms with Crippen molar-refractivity contribution in [2.45, 2.75) is 26.3 Å². The van der Waals surface area contributed by atoms with Gasteiger partial charge in [0.25, 0.3) is 0 Å². The Morgan fingerprint density at radius 1 is 1.48 bits per heavy atom. The van der Waals surface area contributed by atoms with Crippen molar-refractivity contribution in [3.05, 3.63) is 45.4 Å². The maximum absolute atomic E-state index is 11.1. The van der Waals surface area contributed by atoms with Crippen LogP contribution in [0.3, 0.4) is 0 Å². The van der Waals surface area contributed by atoms with Crippen molar-refractivity contribution in [3.63, 3.8) is 0 Å². The molecule has 0 saturated heterocycles. The predicted octanol–water partition coefficient (Wildman–Crippen LogP) is 4.01. The van der Waals surface area contributed by atoms with Gasteiger partial charge in [-0.2, -0.15) is 0 Å². The molecule has 2 aromatic rings. The topological polar surface area (TPSA) is 53.4 Å². The van der Waals surface area contributed by atoms with Crippen molar-refractivity contribution < 1.29 is 9.90 Å². The molecular formula is C15H17ClN2O2S. The number of thiazole rings is 1. The van der Waals surface area contributed by atoms with Gasteiger partial charge in [-0.3, -0.25) is 4.79 Å². The van der Waals surface area contributed by atoms with E-state index in [1.165, 1.54) is 0 Å². The van der Waals surface area contributed by atoms with Crippen LogP contribution in [0.15, 0.2) is 29.6 Å². The number of carbonyl (C=O) groups is 1. The number of carboxylic acid groups (broad SMARTS) is 1. The van der Waals surface area contributed by atoms with Gasteiger partial charge < -0.3 is 10.0 Å². The van der Waals surface area contributed by atoms with Crippen LogP contribution in [-0.4, -0.2) is 22.6 Å². The highest BCUT2D eigenvalue weighted by Crippen LogP contribution is 2.24. The highest BCUT2D eigenvalue weighted by Gasteiger charge is 2.14. The lowest BCUT2D eigenvalue weighted by Crippen LogP contribution is -2.29. The second-order valence-electron chi connectivity index (χ2n) is 5.06. The predicted molar refractivity (Wildman–Crippen MR) is 86.3 cm³/mol. The summed E-state index contributed by atoms with van der Waals surface area (Å²) >= 11 is 7.59. The number of aliphatic carboxylic acids is 1. The molecule has 1 N–H and O–H groups in total. The van der Waals surface area contributed by atoms with Crippen LogP contribution in [-0.2, 0) is 11.3 Å². The van der Waals surface area contributed by atoms with Crippen LogP contribution in [0.2, 0.25) is 5.02 Å². The van der Waals surface area contributed by atoms with E-state index in [4.69, 9.17) is 16.7 Å². The third-order valence-corrected chi connectivity index (χ3v) is 4.34. The Hall–Kier alpha value is -1.59. The van der Waals surface area contributed by atoms with Crippen LogP contribution >= 0.6 is 22.9 Å². The van der Waals surface area contributed by atoms with Crippen LogP contribution < -0.4 is 4.90 Å². The lowest BCUT2D eigenvalue weighted by molar-refractivity contribution is -0.135. The van der Waals surface area contributed by atoms with Gasteiger partial charge in [0.1, 0.15) is 6.54 Å². The highest BCUT2D eigenvalue weighted by molar-refractivity contribution is 7.09. The van der Waals surface area contributed by atoms with E-state index in [0.717, 1.165) is 16.4 Å². The number of hydrogen-bond donors (Lipinski definition) is 1. The lowest BCUT2D eigenvalue weighted by atomic mass is 10.2. The Morgan fingerprint density at radius 2 is 2.24 bits per heavy atom. The summed E-state index contributed by atoms with van der Waals surface area (Å²) in [5, 5.41) is 12.7. The van der Waals surface area contributed by atoms with E-state index in [-0.39, 0.29) is 6.54 Å². The molecule has 1 aromatic heterocycles. The molecule has 0 aliphatic carbocycles. The van der Waals surface area contributed by atoms with E-state index in [9.17, 15) is 4.79 Å². The molecule has 4 nitrogen and oxygen atoms in total. The molecule has 1 aromatic carbocycles. The molecule has 0 aliphatic rings. The standard InChI is InChI=1S/C15H17ClN2O2S/c1-10(2)15-17-12(9-21-15)7-18(8-14(19)20)13-5-3-4-11(16)6-13/h3-6,9-10H,7-8H2,1-2H3,(H,19,20). The number of halogens is 1. The largest absolute Gasteiger partial charge is 0.480 e. The van der Waals surface area contributed by atoms with Gasteiger partial charge in [0.05, 0.1) is 17.2 Å². The smallest absolute Gasteiger partial charge is 0.323 e. The average Bonchev–Trinajstić information content (AvgIpc) is 2.86. The number of aromatic nitrogens is 1. The Balaban J connectivity index is 2.21. The molecule has 0 amide bonds. The zero-order valence-electron chi connectivity index (χ0n) is 11.9. The summed E-state index contributed by atoms with van der Waals surface area (Å²) in [6, 6.07) is 7.20. The molecule has 21 heavy (non-hydrogen) atoms. The van der Waals surface area contributed by atoms with Crippen molar-refractivity contribution in [1.82, 2.24) is 4.98 Å². The number of nitrogens with zero attached hydrogens (tertiary/aromatic N) is 2. The molecule has 6 heteroatoms. The maximum atomic E-state index is 11.1. The first-order valence-electron chi connectivity index (χ1n) is 6.62. The third kappa shape index (κ3) is 4.44. The summed E-state index contributed by atoms with van der Waals surface area (Å²) < 4.78 is 0. The molecule has 0 saturated carbocycles. The SMILES string of the molecule is CC(C)c1nc(CN(CC(=O)O)c2cccc(Cl)c2)cs1. The Kier molecular flexibility index (Phi) is 5.20. The minimum Gasteiger partial charge on any atom is -0.480 e. The number of benzene rings is 1. The minimum absolute atomic E-state index is 0.0884. The quantitative estimate of drug-likeness (QED) is 0.872. The normalized spacial score (nSPS) is 10.9. The molecule has 0 radical (unpaired) electrons. The van der Waals surface area contributed by atoms with Crippen molar-refractivity contribution in [2.24, 2.45) is 0 Å². The minimum atomic E-state index is -0.880. The van der Waals surface area contributed by atoms with Gasteiger partial charge in [0.15, 0.2) is 0 Å². The second kappa shape index (κ2) is 6.91. The Labute approximate surface area is 133 Å². The highest BCUT2D eigenvalue weighted by atomic mass is 35.5.